The smallest absolute Gasteiger partial charge is 0.338 e. The summed E-state index contributed by atoms with van der Waals surface area (Å²) in [4.78, 5) is 33.8. The second-order valence-electron chi connectivity index (χ2n) is 4.51. The number of hydrogen-bond donors (Lipinski definition) is 0. The Morgan fingerprint density at radius 1 is 1.09 bits per heavy atom. The van der Waals surface area contributed by atoms with Gasteiger partial charge in [-0.2, -0.15) is 0 Å². The average Bonchev–Trinajstić information content (AvgIpc) is 2.59. The maximum atomic E-state index is 12.0. The molecule has 2 aromatic carbocycles. The van der Waals surface area contributed by atoms with E-state index in [0.717, 1.165) is 6.07 Å². The van der Waals surface area contributed by atoms with Gasteiger partial charge in [-0.05, 0) is 12.1 Å². The van der Waals surface area contributed by atoms with E-state index in [1.54, 1.807) is 30.3 Å². The number of ether oxygens (including phenoxy) is 2. The molecular formula is C16H13NO6. The van der Waals surface area contributed by atoms with Crippen LogP contribution in [0.25, 0.3) is 0 Å². The van der Waals surface area contributed by atoms with Crippen LogP contribution in [0.2, 0.25) is 0 Å². The normalized spacial score (nSPS) is 9.96. The zero-order valence-electron chi connectivity index (χ0n) is 12.2. The van der Waals surface area contributed by atoms with E-state index in [1.807, 2.05) is 0 Å². The second-order valence-corrected chi connectivity index (χ2v) is 4.51. The number of nitrogens with zero attached hydrogens (tertiary/aromatic N) is 1. The van der Waals surface area contributed by atoms with Crippen molar-refractivity contribution in [3.05, 3.63) is 69.8 Å². The molecule has 0 atom stereocenters. The number of nitro benzene ring substituents is 1. The minimum absolute atomic E-state index is 0.0286. The number of benzene rings is 2. The number of rotatable bonds is 6. The number of carbonyl (C=O) groups is 2. The fourth-order valence-corrected chi connectivity index (χ4v) is 1.88. The van der Waals surface area contributed by atoms with Crippen molar-refractivity contribution in [3.63, 3.8) is 0 Å². The molecular weight excluding hydrogens is 302 g/mol. The lowest BCUT2D eigenvalue weighted by molar-refractivity contribution is -0.385. The highest BCUT2D eigenvalue weighted by atomic mass is 16.6. The predicted molar refractivity (Wildman–Crippen MR) is 80.7 cm³/mol. The zero-order chi connectivity index (χ0) is 16.8. The quantitative estimate of drug-likeness (QED) is 0.352. The Morgan fingerprint density at radius 2 is 1.78 bits per heavy atom. The minimum Gasteiger partial charge on any atom is -0.478 e. The first-order valence-corrected chi connectivity index (χ1v) is 6.60. The van der Waals surface area contributed by atoms with Crippen molar-refractivity contribution in [2.45, 2.75) is 0 Å². The molecule has 0 saturated carbocycles. The van der Waals surface area contributed by atoms with E-state index >= 15 is 0 Å². The van der Waals surface area contributed by atoms with Gasteiger partial charge >= 0.3 is 11.7 Å². The molecule has 0 radical (unpaired) electrons. The Morgan fingerprint density at radius 3 is 2.39 bits per heavy atom. The number of nitro groups is 1. The van der Waals surface area contributed by atoms with Crippen LogP contribution >= 0.6 is 0 Å². The summed E-state index contributed by atoms with van der Waals surface area (Å²) < 4.78 is 9.75. The third-order valence-electron chi connectivity index (χ3n) is 3.03. The van der Waals surface area contributed by atoms with E-state index in [4.69, 9.17) is 4.74 Å². The van der Waals surface area contributed by atoms with Gasteiger partial charge in [0.1, 0.15) is 0 Å². The summed E-state index contributed by atoms with van der Waals surface area (Å²) in [6.45, 7) is -0.345. The third kappa shape index (κ3) is 3.91. The molecule has 0 spiro atoms. The summed E-state index contributed by atoms with van der Waals surface area (Å²) in [6, 6.07) is 12.1. The van der Waals surface area contributed by atoms with Crippen molar-refractivity contribution in [1.82, 2.24) is 0 Å². The van der Waals surface area contributed by atoms with Crippen molar-refractivity contribution in [2.24, 2.45) is 0 Å². The van der Waals surface area contributed by atoms with Gasteiger partial charge in [0, 0.05) is 11.6 Å². The lowest BCUT2D eigenvalue weighted by atomic mass is 10.1. The summed E-state index contributed by atoms with van der Waals surface area (Å²) in [5.74, 6) is -1.09. The topological polar surface area (TPSA) is 95.7 Å². The molecule has 0 amide bonds. The highest BCUT2D eigenvalue weighted by molar-refractivity contribution is 5.97. The molecule has 2 aromatic rings. The highest BCUT2D eigenvalue weighted by Crippen LogP contribution is 2.28. The van der Waals surface area contributed by atoms with Gasteiger partial charge in [-0.3, -0.25) is 14.9 Å². The number of ketones is 1. The summed E-state index contributed by atoms with van der Waals surface area (Å²) in [6.07, 6.45) is 0. The largest absolute Gasteiger partial charge is 0.478 e. The molecule has 0 heterocycles. The van der Waals surface area contributed by atoms with Crippen LogP contribution in [-0.4, -0.2) is 30.4 Å². The molecule has 2 rings (SSSR count). The molecule has 7 nitrogen and oxygen atoms in total. The molecule has 0 aliphatic heterocycles. The lowest BCUT2D eigenvalue weighted by Gasteiger charge is -2.07. The van der Waals surface area contributed by atoms with Crippen molar-refractivity contribution < 1.29 is 24.0 Å². The van der Waals surface area contributed by atoms with Gasteiger partial charge in [-0.1, -0.05) is 30.3 Å². The monoisotopic (exact) mass is 315 g/mol. The van der Waals surface area contributed by atoms with Gasteiger partial charge in [0.05, 0.1) is 17.6 Å². The van der Waals surface area contributed by atoms with Gasteiger partial charge in [-0.15, -0.1) is 0 Å². The lowest BCUT2D eigenvalue weighted by Crippen LogP contribution is -2.12. The Bertz CT molecular complexity index is 741. The Hall–Kier alpha value is -3.22. The molecule has 0 saturated heterocycles. The van der Waals surface area contributed by atoms with Crippen molar-refractivity contribution >= 4 is 17.4 Å². The van der Waals surface area contributed by atoms with Crippen LogP contribution < -0.4 is 4.74 Å². The molecule has 0 fully saturated rings. The summed E-state index contributed by atoms with van der Waals surface area (Å²) in [5.41, 5.74) is 0.0658. The first-order chi connectivity index (χ1) is 11.0. The van der Waals surface area contributed by atoms with Crippen LogP contribution in [0.15, 0.2) is 48.5 Å². The Labute approximate surface area is 131 Å². The average molecular weight is 315 g/mol. The molecule has 7 heteroatoms. The molecule has 23 heavy (non-hydrogen) atoms. The van der Waals surface area contributed by atoms with Gasteiger partial charge in [0.2, 0.25) is 0 Å². The van der Waals surface area contributed by atoms with Gasteiger partial charge in [0.25, 0.3) is 0 Å². The predicted octanol–water partition coefficient (Wildman–Crippen LogP) is 2.64. The van der Waals surface area contributed by atoms with Crippen LogP contribution in [0, 0.1) is 10.1 Å². The fraction of sp³-hybridized carbons (Fsp3) is 0.125. The van der Waals surface area contributed by atoms with E-state index in [1.165, 1.54) is 19.2 Å². The molecule has 0 unspecified atom stereocenters. The SMILES string of the molecule is COC(=O)c1ccc(OCC(=O)c2ccccc2)c([N+](=O)[O-])c1. The fourth-order valence-electron chi connectivity index (χ4n) is 1.88. The van der Waals surface area contributed by atoms with Gasteiger partial charge in [-0.25, -0.2) is 4.79 Å². The van der Waals surface area contributed by atoms with Crippen LogP contribution in [0.3, 0.4) is 0 Å². The van der Waals surface area contributed by atoms with Crippen molar-refractivity contribution in [3.8, 4) is 5.75 Å². The summed E-state index contributed by atoms with van der Waals surface area (Å²) >= 11 is 0. The zero-order valence-corrected chi connectivity index (χ0v) is 12.2. The van der Waals surface area contributed by atoms with Crippen LogP contribution in [-0.2, 0) is 4.74 Å². The minimum atomic E-state index is -0.694. The highest BCUT2D eigenvalue weighted by Gasteiger charge is 2.20. The van der Waals surface area contributed by atoms with Crippen LogP contribution in [0.4, 0.5) is 5.69 Å². The molecule has 0 N–H and O–H groups in total. The van der Waals surface area contributed by atoms with Crippen molar-refractivity contribution in [1.29, 1.82) is 0 Å². The van der Waals surface area contributed by atoms with E-state index in [-0.39, 0.29) is 23.7 Å². The first-order valence-electron chi connectivity index (χ1n) is 6.60. The van der Waals surface area contributed by atoms with E-state index in [9.17, 15) is 19.7 Å². The van der Waals surface area contributed by atoms with Crippen LogP contribution in [0.1, 0.15) is 20.7 Å². The number of esters is 1. The maximum Gasteiger partial charge on any atom is 0.338 e. The van der Waals surface area contributed by atoms with E-state index in [2.05, 4.69) is 4.74 Å². The number of Topliss-reactive ketones (excluding diaryl/α,β-unsaturated/α-hetero) is 1. The Balaban J connectivity index is 2.18. The number of methoxy groups -OCH3 is 1. The third-order valence-corrected chi connectivity index (χ3v) is 3.03. The summed E-state index contributed by atoms with van der Waals surface area (Å²) in [7, 11) is 1.18. The number of hydrogen-bond acceptors (Lipinski definition) is 6. The number of carbonyl (C=O) groups excluding carboxylic acids is 2. The van der Waals surface area contributed by atoms with Gasteiger partial charge < -0.3 is 9.47 Å². The van der Waals surface area contributed by atoms with E-state index in [0.29, 0.717) is 5.56 Å². The molecule has 0 aliphatic rings. The molecule has 0 bridgehead atoms. The molecule has 0 aliphatic carbocycles. The Kier molecular flexibility index (Phi) is 5.03. The molecule has 0 aromatic heterocycles. The molecule has 118 valence electrons. The standard InChI is InChI=1S/C16H13NO6/c1-22-16(19)12-7-8-15(13(9-12)17(20)21)23-10-14(18)11-5-3-2-4-6-11/h2-9H,10H2,1H3. The maximum absolute atomic E-state index is 12.0. The van der Waals surface area contributed by atoms with Crippen LogP contribution in [0.5, 0.6) is 5.75 Å². The van der Waals surface area contributed by atoms with Gasteiger partial charge in [0.15, 0.2) is 18.1 Å². The summed E-state index contributed by atoms with van der Waals surface area (Å²) in [5, 5.41) is 11.1. The van der Waals surface area contributed by atoms with E-state index < -0.39 is 16.6 Å². The van der Waals surface area contributed by atoms with Crippen molar-refractivity contribution in [2.75, 3.05) is 13.7 Å². The second kappa shape index (κ2) is 7.17. The first kappa shape index (κ1) is 16.2.